The lowest BCUT2D eigenvalue weighted by Crippen LogP contribution is -2.41. The molecule has 0 spiro atoms. The molecular weight excluding hydrogens is 370 g/mol. The number of aliphatic hydroxyl groups is 1. The zero-order chi connectivity index (χ0) is 20.2. The molecular formula is C21H27N5O3. The van der Waals surface area contributed by atoms with Crippen LogP contribution in [0.1, 0.15) is 23.1 Å². The quantitative estimate of drug-likeness (QED) is 0.666. The monoisotopic (exact) mass is 397 g/mol. The number of fused-ring (bicyclic) bond motifs is 1. The van der Waals surface area contributed by atoms with Crippen LogP contribution in [-0.4, -0.2) is 59.9 Å². The van der Waals surface area contributed by atoms with Crippen LogP contribution in [-0.2, 0) is 29.0 Å². The van der Waals surface area contributed by atoms with Crippen molar-refractivity contribution in [1.82, 2.24) is 15.3 Å². The molecule has 0 radical (unpaired) electrons. The molecule has 8 heteroatoms. The molecule has 29 heavy (non-hydrogen) atoms. The summed E-state index contributed by atoms with van der Waals surface area (Å²) in [6.07, 6.45) is 2.92. The van der Waals surface area contributed by atoms with E-state index in [1.165, 1.54) is 17.5 Å². The molecule has 2 aliphatic heterocycles. The van der Waals surface area contributed by atoms with E-state index >= 15 is 0 Å². The highest BCUT2D eigenvalue weighted by Gasteiger charge is 2.32. The Bertz CT molecular complexity index is 875. The lowest BCUT2D eigenvalue weighted by molar-refractivity contribution is -0.120. The number of ether oxygens (including phenoxy) is 1. The van der Waals surface area contributed by atoms with E-state index in [1.807, 2.05) is 17.0 Å². The zero-order valence-corrected chi connectivity index (χ0v) is 16.6. The van der Waals surface area contributed by atoms with Crippen LogP contribution >= 0.6 is 0 Å². The first-order valence-corrected chi connectivity index (χ1v) is 10.0. The fourth-order valence-electron chi connectivity index (χ4n) is 4.02. The third-order valence-corrected chi connectivity index (χ3v) is 5.54. The number of β-amino-alcohol motifs (C(OH)–C–C–N with tert-alkyl or cyclic N) is 1. The second kappa shape index (κ2) is 8.75. The number of nitrogens with zero attached hydrogens (tertiary/aromatic N) is 3. The van der Waals surface area contributed by atoms with E-state index in [9.17, 15) is 9.90 Å². The standard InChI is InChI=1S/C21H27N5O3/c1-22-19-9-20(25-13-24-19)26-11-18(27)8-17(26)10-23-21(28)7-14-2-3-15-4-5-29-12-16(15)6-14/h2-3,6,9,13,17-18,27H,4-5,7-8,10-12H2,1H3,(H,23,28)(H,22,24,25)/t17-,18-/m1/s1. The molecule has 2 aliphatic rings. The Labute approximate surface area is 170 Å². The Morgan fingerprint density at radius 2 is 2.21 bits per heavy atom. The predicted molar refractivity (Wildman–Crippen MR) is 110 cm³/mol. The molecule has 3 heterocycles. The number of anilines is 2. The third kappa shape index (κ3) is 4.65. The summed E-state index contributed by atoms with van der Waals surface area (Å²) in [5.74, 6) is 1.44. The average molecular weight is 397 g/mol. The van der Waals surface area contributed by atoms with Crippen LogP contribution in [0.2, 0.25) is 0 Å². The zero-order valence-electron chi connectivity index (χ0n) is 16.6. The van der Waals surface area contributed by atoms with Crippen LogP contribution in [0.3, 0.4) is 0 Å². The topological polar surface area (TPSA) is 99.6 Å². The van der Waals surface area contributed by atoms with Gasteiger partial charge in [0.15, 0.2) is 0 Å². The Hall–Kier alpha value is -2.71. The maximum atomic E-state index is 12.5. The van der Waals surface area contributed by atoms with Gasteiger partial charge in [-0.3, -0.25) is 4.79 Å². The SMILES string of the molecule is CNc1cc(N2C[C@H](O)C[C@@H]2CNC(=O)Cc2ccc3c(c2)COCC3)ncn1. The van der Waals surface area contributed by atoms with E-state index in [4.69, 9.17) is 4.74 Å². The van der Waals surface area contributed by atoms with Crippen molar-refractivity contribution in [2.24, 2.45) is 0 Å². The summed E-state index contributed by atoms with van der Waals surface area (Å²) in [6.45, 7) is 2.33. The number of carbonyl (C=O) groups excluding carboxylic acids is 1. The normalized spacial score (nSPS) is 21.0. The van der Waals surface area contributed by atoms with Gasteiger partial charge in [-0.25, -0.2) is 9.97 Å². The largest absolute Gasteiger partial charge is 0.391 e. The van der Waals surface area contributed by atoms with Gasteiger partial charge in [0.05, 0.1) is 31.8 Å². The van der Waals surface area contributed by atoms with Crippen molar-refractivity contribution >= 4 is 17.5 Å². The van der Waals surface area contributed by atoms with E-state index in [2.05, 4.69) is 32.7 Å². The van der Waals surface area contributed by atoms with Crippen molar-refractivity contribution in [1.29, 1.82) is 0 Å². The number of aromatic nitrogens is 2. The van der Waals surface area contributed by atoms with E-state index in [0.29, 0.717) is 32.5 Å². The molecule has 1 saturated heterocycles. The highest BCUT2D eigenvalue weighted by atomic mass is 16.5. The molecule has 2 aromatic rings. The Kier molecular flexibility index (Phi) is 5.92. The Morgan fingerprint density at radius 1 is 1.31 bits per heavy atom. The number of aliphatic hydroxyl groups excluding tert-OH is 1. The first kappa shape index (κ1) is 19.6. The molecule has 0 aliphatic carbocycles. The first-order valence-electron chi connectivity index (χ1n) is 10.0. The number of nitrogens with one attached hydrogen (secondary N) is 2. The molecule has 1 fully saturated rings. The summed E-state index contributed by atoms with van der Waals surface area (Å²) >= 11 is 0. The number of carbonyl (C=O) groups is 1. The fourth-order valence-corrected chi connectivity index (χ4v) is 4.02. The van der Waals surface area contributed by atoms with E-state index in [1.54, 1.807) is 7.05 Å². The third-order valence-electron chi connectivity index (χ3n) is 5.54. The lowest BCUT2D eigenvalue weighted by Gasteiger charge is -2.25. The van der Waals surface area contributed by atoms with Gasteiger partial charge in [-0.05, 0) is 29.5 Å². The molecule has 154 valence electrons. The van der Waals surface area contributed by atoms with Gasteiger partial charge in [0.25, 0.3) is 0 Å². The van der Waals surface area contributed by atoms with E-state index < -0.39 is 6.10 Å². The number of hydrogen-bond donors (Lipinski definition) is 3. The van der Waals surface area contributed by atoms with Crippen molar-refractivity contribution < 1.29 is 14.6 Å². The highest BCUT2D eigenvalue weighted by Crippen LogP contribution is 2.25. The van der Waals surface area contributed by atoms with Crippen molar-refractivity contribution in [2.75, 3.05) is 37.0 Å². The summed E-state index contributed by atoms with van der Waals surface area (Å²) in [5.41, 5.74) is 3.47. The summed E-state index contributed by atoms with van der Waals surface area (Å²) in [5, 5.41) is 16.2. The summed E-state index contributed by atoms with van der Waals surface area (Å²) in [7, 11) is 1.80. The Morgan fingerprint density at radius 3 is 3.07 bits per heavy atom. The molecule has 0 bridgehead atoms. The minimum Gasteiger partial charge on any atom is -0.391 e. The lowest BCUT2D eigenvalue weighted by atomic mass is 9.99. The van der Waals surface area contributed by atoms with Crippen LogP contribution < -0.4 is 15.5 Å². The molecule has 0 unspecified atom stereocenters. The molecule has 1 aromatic carbocycles. The maximum Gasteiger partial charge on any atom is 0.224 e. The van der Waals surface area contributed by atoms with Gasteiger partial charge < -0.3 is 25.4 Å². The number of rotatable bonds is 6. The number of amides is 1. The van der Waals surface area contributed by atoms with Crippen LogP contribution in [0.25, 0.3) is 0 Å². The van der Waals surface area contributed by atoms with Gasteiger partial charge in [-0.1, -0.05) is 18.2 Å². The molecule has 8 nitrogen and oxygen atoms in total. The van der Waals surface area contributed by atoms with Gasteiger partial charge >= 0.3 is 0 Å². The van der Waals surface area contributed by atoms with Gasteiger partial charge in [0, 0.05) is 26.2 Å². The minimum atomic E-state index is -0.439. The second-order valence-corrected chi connectivity index (χ2v) is 7.59. The molecule has 0 saturated carbocycles. The molecule has 2 atom stereocenters. The van der Waals surface area contributed by atoms with Gasteiger partial charge in [0.1, 0.15) is 18.0 Å². The van der Waals surface area contributed by atoms with Crippen molar-refractivity contribution in [3.63, 3.8) is 0 Å². The molecule has 1 amide bonds. The van der Waals surface area contributed by atoms with Gasteiger partial charge in [-0.15, -0.1) is 0 Å². The van der Waals surface area contributed by atoms with Crippen molar-refractivity contribution in [3.05, 3.63) is 47.3 Å². The second-order valence-electron chi connectivity index (χ2n) is 7.59. The highest BCUT2D eigenvalue weighted by molar-refractivity contribution is 5.78. The molecule has 3 N–H and O–H groups in total. The summed E-state index contributed by atoms with van der Waals surface area (Å²) in [6, 6.07) is 8.03. The van der Waals surface area contributed by atoms with Gasteiger partial charge in [0.2, 0.25) is 5.91 Å². The summed E-state index contributed by atoms with van der Waals surface area (Å²) < 4.78 is 5.51. The van der Waals surface area contributed by atoms with Crippen LogP contribution in [0.5, 0.6) is 0 Å². The summed E-state index contributed by atoms with van der Waals surface area (Å²) in [4.78, 5) is 23.0. The fraction of sp³-hybridized carbons (Fsp3) is 0.476. The van der Waals surface area contributed by atoms with Crippen LogP contribution in [0, 0.1) is 0 Å². The maximum absolute atomic E-state index is 12.5. The van der Waals surface area contributed by atoms with Crippen molar-refractivity contribution in [3.8, 4) is 0 Å². The average Bonchev–Trinajstić information content (AvgIpc) is 3.13. The van der Waals surface area contributed by atoms with Crippen LogP contribution in [0.4, 0.5) is 11.6 Å². The minimum absolute atomic E-state index is 0.00881. The Balaban J connectivity index is 1.36. The van der Waals surface area contributed by atoms with Crippen molar-refractivity contribution in [2.45, 2.75) is 38.0 Å². The smallest absolute Gasteiger partial charge is 0.224 e. The number of benzene rings is 1. The molecule has 1 aromatic heterocycles. The van der Waals surface area contributed by atoms with Gasteiger partial charge in [-0.2, -0.15) is 0 Å². The van der Waals surface area contributed by atoms with E-state index in [0.717, 1.165) is 30.2 Å². The number of hydrogen-bond acceptors (Lipinski definition) is 7. The molecule has 4 rings (SSSR count). The first-order chi connectivity index (χ1) is 14.1. The van der Waals surface area contributed by atoms with Crippen LogP contribution in [0.15, 0.2) is 30.6 Å². The van der Waals surface area contributed by atoms with E-state index in [-0.39, 0.29) is 11.9 Å². The predicted octanol–water partition coefficient (Wildman–Crippen LogP) is 0.889.